The molecule has 6 N–H and O–H groups in total. The average molecular weight is 565 g/mol. The van der Waals surface area contributed by atoms with Gasteiger partial charge in [-0.05, 0) is 57.9 Å². The van der Waals surface area contributed by atoms with E-state index in [4.69, 9.17) is 20.9 Å². The maximum atomic E-state index is 12.5. The highest BCUT2D eigenvalue weighted by molar-refractivity contribution is 9.10. The Kier molecular flexibility index (Phi) is 8.48. The molecule has 3 rings (SSSR count). The first kappa shape index (κ1) is 26.2. The average Bonchev–Trinajstić information content (AvgIpc) is 2.80. The van der Waals surface area contributed by atoms with Crippen molar-refractivity contribution in [1.82, 2.24) is 14.7 Å². The lowest BCUT2D eigenvalue weighted by molar-refractivity contribution is -0.114. The van der Waals surface area contributed by atoms with Crippen LogP contribution in [0.4, 0.5) is 17.5 Å². The largest absolute Gasteiger partial charge is 0.495 e. The summed E-state index contributed by atoms with van der Waals surface area (Å²) in [6.07, 6.45) is 1.97. The third kappa shape index (κ3) is 7.04. The van der Waals surface area contributed by atoms with Crippen molar-refractivity contribution in [2.75, 3.05) is 37.0 Å². The van der Waals surface area contributed by atoms with Crippen LogP contribution in [0.15, 0.2) is 52.0 Å². The molecule has 13 heteroatoms. The highest BCUT2D eigenvalue weighted by Crippen LogP contribution is 2.36. The summed E-state index contributed by atoms with van der Waals surface area (Å²) in [6, 6.07) is 9.45. The van der Waals surface area contributed by atoms with Crippen LogP contribution in [0, 0.1) is 0 Å². The Morgan fingerprint density at radius 1 is 1.14 bits per heavy atom. The Balaban J connectivity index is 1.65. The summed E-state index contributed by atoms with van der Waals surface area (Å²) in [6.45, 7) is 1.45. The number of anilines is 3. The fourth-order valence-electron chi connectivity index (χ4n) is 3.11. The predicted octanol–water partition coefficient (Wildman–Crippen LogP) is 2.32. The van der Waals surface area contributed by atoms with Gasteiger partial charge in [0.2, 0.25) is 21.9 Å². The van der Waals surface area contributed by atoms with E-state index in [1.807, 2.05) is 6.07 Å². The lowest BCUT2D eigenvalue weighted by Gasteiger charge is -2.15. The molecule has 1 aromatic heterocycles. The number of nitrogens with one attached hydrogen (secondary N) is 2. The van der Waals surface area contributed by atoms with E-state index in [1.54, 1.807) is 12.3 Å². The number of hydrogen-bond donors (Lipinski definition) is 4. The summed E-state index contributed by atoms with van der Waals surface area (Å²) in [5.41, 5.74) is 13.5. The fraction of sp³-hybridized carbons (Fsp3) is 0.227. The van der Waals surface area contributed by atoms with Crippen molar-refractivity contribution in [2.45, 2.75) is 18.2 Å². The van der Waals surface area contributed by atoms with E-state index in [1.165, 1.54) is 38.3 Å². The van der Waals surface area contributed by atoms with Crippen LogP contribution in [0.2, 0.25) is 0 Å². The fourth-order valence-corrected chi connectivity index (χ4v) is 4.63. The summed E-state index contributed by atoms with van der Waals surface area (Å²) in [4.78, 5) is 19.1. The molecular formula is C22H25BrN6O5S. The van der Waals surface area contributed by atoms with Crippen molar-refractivity contribution >= 4 is 49.3 Å². The predicted molar refractivity (Wildman–Crippen MR) is 136 cm³/mol. The Labute approximate surface area is 211 Å². The van der Waals surface area contributed by atoms with Gasteiger partial charge in [0.15, 0.2) is 0 Å². The topological polar surface area (TPSA) is 172 Å². The normalized spacial score (nSPS) is 11.2. The molecule has 0 aliphatic carbocycles. The first-order chi connectivity index (χ1) is 16.6. The van der Waals surface area contributed by atoms with Gasteiger partial charge in [-0.1, -0.05) is 0 Å². The van der Waals surface area contributed by atoms with E-state index in [-0.39, 0.29) is 35.7 Å². The molecule has 1 amide bonds. The van der Waals surface area contributed by atoms with Crippen LogP contribution in [0.3, 0.4) is 0 Å². The molecule has 0 fully saturated rings. The molecule has 0 aliphatic heterocycles. The van der Waals surface area contributed by atoms with Crippen LogP contribution in [-0.4, -0.2) is 44.6 Å². The minimum Gasteiger partial charge on any atom is -0.495 e. The molecule has 0 radical (unpaired) electrons. The van der Waals surface area contributed by atoms with E-state index in [9.17, 15) is 13.2 Å². The molecule has 0 unspecified atom stereocenters. The van der Waals surface area contributed by atoms with Crippen molar-refractivity contribution in [1.29, 1.82) is 0 Å². The number of amides is 1. The molecule has 0 bridgehead atoms. The molecule has 11 nitrogen and oxygen atoms in total. The van der Waals surface area contributed by atoms with Crippen LogP contribution >= 0.6 is 15.9 Å². The zero-order valence-electron chi connectivity index (χ0n) is 19.0. The molecule has 3 aromatic rings. The van der Waals surface area contributed by atoms with Gasteiger partial charge in [0.1, 0.15) is 28.4 Å². The Hall–Kier alpha value is -3.42. The van der Waals surface area contributed by atoms with E-state index >= 15 is 0 Å². The highest BCUT2D eigenvalue weighted by atomic mass is 79.9. The quantitative estimate of drug-likeness (QED) is 0.269. The summed E-state index contributed by atoms with van der Waals surface area (Å²) in [5.74, 6) is 1.13. The second kappa shape index (κ2) is 11.3. The van der Waals surface area contributed by atoms with Crippen molar-refractivity contribution in [3.63, 3.8) is 0 Å². The molecule has 35 heavy (non-hydrogen) atoms. The maximum Gasteiger partial charge on any atom is 0.240 e. The summed E-state index contributed by atoms with van der Waals surface area (Å²) in [7, 11) is -2.23. The molecule has 0 atom stereocenters. The third-order valence-corrected chi connectivity index (χ3v) is 6.99. The van der Waals surface area contributed by atoms with Crippen molar-refractivity contribution in [3.05, 3.63) is 58.2 Å². The lowest BCUT2D eigenvalue weighted by atomic mass is 10.1. The van der Waals surface area contributed by atoms with Crippen molar-refractivity contribution in [3.8, 4) is 11.5 Å². The van der Waals surface area contributed by atoms with Gasteiger partial charge in [-0.25, -0.2) is 18.1 Å². The van der Waals surface area contributed by atoms with Gasteiger partial charge in [-0.15, -0.1) is 0 Å². The molecule has 0 saturated heterocycles. The number of sulfonamides is 1. The van der Waals surface area contributed by atoms with Gasteiger partial charge in [0.25, 0.3) is 0 Å². The number of benzene rings is 2. The molecule has 0 spiro atoms. The molecule has 2 aromatic carbocycles. The number of carbonyl (C=O) groups is 1. The van der Waals surface area contributed by atoms with Gasteiger partial charge in [0.05, 0.1) is 12.0 Å². The smallest absolute Gasteiger partial charge is 0.240 e. The number of hydrogen-bond acceptors (Lipinski definition) is 9. The van der Waals surface area contributed by atoms with Crippen molar-refractivity contribution < 1.29 is 22.7 Å². The van der Waals surface area contributed by atoms with E-state index in [0.717, 1.165) is 5.56 Å². The van der Waals surface area contributed by atoms with E-state index in [2.05, 4.69) is 35.9 Å². The highest BCUT2D eigenvalue weighted by Gasteiger charge is 2.15. The standard InChI is InChI=1S/C22H25BrN6O5S/c1-13(30)28-16-3-5-17(6-4-16)35(31,32)27-7-8-34-19-11-14(10-18(33-2)20(19)23)9-15-12-26-22(25)29-21(15)24/h3-6,10-12,27H,7-9H2,1-2H3,(H,28,30)(H4,24,25,26,29). The first-order valence-electron chi connectivity index (χ1n) is 10.3. The Morgan fingerprint density at radius 2 is 1.83 bits per heavy atom. The van der Waals surface area contributed by atoms with Crippen LogP contribution in [0.5, 0.6) is 11.5 Å². The minimum atomic E-state index is -3.76. The number of rotatable bonds is 10. The first-order valence-corrected chi connectivity index (χ1v) is 12.6. The number of nitrogen functional groups attached to an aromatic ring is 2. The molecule has 0 aliphatic rings. The van der Waals surface area contributed by atoms with Crippen LogP contribution < -0.4 is 31.0 Å². The SMILES string of the molecule is COc1cc(Cc2cnc(N)nc2N)cc(OCCNS(=O)(=O)c2ccc(NC(C)=O)cc2)c1Br. The van der Waals surface area contributed by atoms with Crippen LogP contribution in [-0.2, 0) is 21.2 Å². The monoisotopic (exact) mass is 564 g/mol. The van der Waals surface area contributed by atoms with Gasteiger partial charge < -0.3 is 26.3 Å². The van der Waals surface area contributed by atoms with E-state index in [0.29, 0.717) is 33.6 Å². The number of nitrogens with zero attached hydrogens (tertiary/aromatic N) is 2. The lowest BCUT2D eigenvalue weighted by Crippen LogP contribution is -2.28. The Bertz CT molecular complexity index is 1320. The van der Waals surface area contributed by atoms with Crippen molar-refractivity contribution in [2.24, 2.45) is 0 Å². The number of nitrogens with two attached hydrogens (primary N) is 2. The molecule has 0 saturated carbocycles. The zero-order valence-corrected chi connectivity index (χ0v) is 21.4. The molecular weight excluding hydrogens is 540 g/mol. The summed E-state index contributed by atoms with van der Waals surface area (Å²) < 4.78 is 39.4. The van der Waals surface area contributed by atoms with Crippen LogP contribution in [0.25, 0.3) is 0 Å². The Morgan fingerprint density at radius 3 is 2.46 bits per heavy atom. The van der Waals surface area contributed by atoms with Gasteiger partial charge in [-0.2, -0.15) is 4.98 Å². The summed E-state index contributed by atoms with van der Waals surface area (Å²) >= 11 is 3.45. The number of ether oxygens (including phenoxy) is 2. The molecule has 186 valence electrons. The maximum absolute atomic E-state index is 12.5. The van der Waals surface area contributed by atoms with Gasteiger partial charge >= 0.3 is 0 Å². The molecule has 1 heterocycles. The van der Waals surface area contributed by atoms with Gasteiger partial charge in [-0.3, -0.25) is 4.79 Å². The number of carbonyl (C=O) groups excluding carboxylic acids is 1. The number of halogens is 1. The van der Waals surface area contributed by atoms with E-state index < -0.39 is 10.0 Å². The van der Waals surface area contributed by atoms with Crippen LogP contribution in [0.1, 0.15) is 18.1 Å². The number of aromatic nitrogens is 2. The third-order valence-electron chi connectivity index (χ3n) is 4.73. The number of methoxy groups -OCH3 is 1. The van der Waals surface area contributed by atoms with Gasteiger partial charge in [0, 0.05) is 37.3 Å². The second-order valence-electron chi connectivity index (χ2n) is 7.38. The summed E-state index contributed by atoms with van der Waals surface area (Å²) in [5, 5.41) is 2.59. The second-order valence-corrected chi connectivity index (χ2v) is 9.94. The zero-order chi connectivity index (χ0) is 25.6. The minimum absolute atomic E-state index is 0.0213.